The Labute approximate surface area is 141 Å². The van der Waals surface area contributed by atoms with Crippen LogP contribution in [-0.4, -0.2) is 14.3 Å². The molecule has 1 aromatic carbocycles. The molecule has 2 aromatic heterocycles. The largest absolute Gasteiger partial charge is 0.316 e. The number of hydrogen-bond acceptors (Lipinski definition) is 3. The van der Waals surface area contributed by atoms with Crippen molar-refractivity contribution in [2.45, 2.75) is 26.9 Å². The summed E-state index contributed by atoms with van der Waals surface area (Å²) in [6.45, 7) is 5.19. The molecule has 3 aromatic rings. The number of benzene rings is 1. The minimum Gasteiger partial charge on any atom is -0.316 e. The molecule has 0 amide bonds. The lowest BCUT2D eigenvalue weighted by Gasteiger charge is -2.09. The molecule has 0 aliphatic rings. The van der Waals surface area contributed by atoms with Gasteiger partial charge in [0, 0.05) is 37.6 Å². The first-order valence-corrected chi connectivity index (χ1v) is 8.02. The van der Waals surface area contributed by atoms with Crippen LogP contribution >= 0.6 is 0 Å². The van der Waals surface area contributed by atoms with E-state index in [1.807, 2.05) is 55.1 Å². The monoisotopic (exact) mass is 322 g/mol. The van der Waals surface area contributed by atoms with Gasteiger partial charge in [-0.3, -0.25) is 4.79 Å². The molecule has 0 radical (unpaired) electrons. The van der Waals surface area contributed by atoms with Crippen LogP contribution in [0.5, 0.6) is 0 Å². The van der Waals surface area contributed by atoms with Crippen LogP contribution < -0.4 is 10.9 Å². The van der Waals surface area contributed by atoms with Crippen LogP contribution in [0.2, 0.25) is 0 Å². The maximum atomic E-state index is 12.1. The highest BCUT2D eigenvalue weighted by atomic mass is 16.1. The summed E-state index contributed by atoms with van der Waals surface area (Å²) in [5, 5.41) is 7.73. The molecular weight excluding hydrogens is 300 g/mol. The van der Waals surface area contributed by atoms with Crippen molar-refractivity contribution in [1.29, 1.82) is 0 Å². The molecular formula is C19H22N4O. The second-order valence-corrected chi connectivity index (χ2v) is 6.04. The quantitative estimate of drug-likeness (QED) is 0.785. The van der Waals surface area contributed by atoms with E-state index in [2.05, 4.69) is 22.5 Å². The molecule has 24 heavy (non-hydrogen) atoms. The zero-order chi connectivity index (χ0) is 17.1. The summed E-state index contributed by atoms with van der Waals surface area (Å²) >= 11 is 0. The van der Waals surface area contributed by atoms with Crippen molar-refractivity contribution < 1.29 is 0 Å². The van der Waals surface area contributed by atoms with E-state index in [4.69, 9.17) is 0 Å². The van der Waals surface area contributed by atoms with Crippen LogP contribution in [0.15, 0.2) is 53.5 Å². The fourth-order valence-corrected chi connectivity index (χ4v) is 2.58. The third kappa shape index (κ3) is 3.46. The third-order valence-corrected chi connectivity index (χ3v) is 4.20. The van der Waals surface area contributed by atoms with Gasteiger partial charge in [-0.25, -0.2) is 4.68 Å². The van der Waals surface area contributed by atoms with E-state index < -0.39 is 0 Å². The first-order valence-electron chi connectivity index (χ1n) is 8.02. The molecule has 124 valence electrons. The number of nitrogens with zero attached hydrogens (tertiary/aromatic N) is 3. The molecule has 0 atom stereocenters. The fourth-order valence-electron chi connectivity index (χ4n) is 2.58. The van der Waals surface area contributed by atoms with Gasteiger partial charge in [-0.15, -0.1) is 0 Å². The molecule has 0 saturated heterocycles. The highest BCUT2D eigenvalue weighted by Crippen LogP contribution is 2.09. The Morgan fingerprint density at radius 1 is 1.00 bits per heavy atom. The van der Waals surface area contributed by atoms with Crippen molar-refractivity contribution >= 4 is 0 Å². The van der Waals surface area contributed by atoms with E-state index >= 15 is 0 Å². The Morgan fingerprint density at radius 2 is 1.75 bits per heavy atom. The van der Waals surface area contributed by atoms with Gasteiger partial charge >= 0.3 is 0 Å². The Balaban J connectivity index is 1.61. The first kappa shape index (κ1) is 16.2. The fraction of sp³-hybridized carbons (Fsp3) is 0.263. The molecule has 0 spiro atoms. The van der Waals surface area contributed by atoms with E-state index in [-0.39, 0.29) is 5.56 Å². The molecule has 0 bridgehead atoms. The van der Waals surface area contributed by atoms with Crippen molar-refractivity contribution in [1.82, 2.24) is 19.7 Å². The average molecular weight is 322 g/mol. The molecule has 3 rings (SSSR count). The summed E-state index contributed by atoms with van der Waals surface area (Å²) in [6.07, 6.45) is 1.95. The van der Waals surface area contributed by atoms with Crippen molar-refractivity contribution in [2.24, 2.45) is 7.05 Å². The van der Waals surface area contributed by atoms with E-state index in [0.29, 0.717) is 6.54 Å². The number of hydrogen-bond donors (Lipinski definition) is 1. The normalized spacial score (nSPS) is 11.0. The highest BCUT2D eigenvalue weighted by Gasteiger charge is 2.03. The van der Waals surface area contributed by atoms with E-state index in [9.17, 15) is 4.79 Å². The van der Waals surface area contributed by atoms with Crippen LogP contribution in [0.1, 0.15) is 22.5 Å². The summed E-state index contributed by atoms with van der Waals surface area (Å²) in [7, 11) is 1.80. The van der Waals surface area contributed by atoms with Gasteiger partial charge in [0.2, 0.25) is 0 Å². The molecule has 0 aliphatic heterocycles. The summed E-state index contributed by atoms with van der Waals surface area (Å²) in [4.78, 5) is 12.1. The summed E-state index contributed by atoms with van der Waals surface area (Å²) in [5.74, 6) is 0. The number of rotatable bonds is 5. The number of nitrogens with one attached hydrogen (secondary N) is 1. The van der Waals surface area contributed by atoms with Gasteiger partial charge in [-0.2, -0.15) is 5.10 Å². The van der Waals surface area contributed by atoms with Gasteiger partial charge in [0.05, 0.1) is 11.4 Å². The first-order chi connectivity index (χ1) is 11.5. The second-order valence-electron chi connectivity index (χ2n) is 6.04. The standard InChI is InChI=1S/C19H22N4O/c1-14-10-11-23(21-14)18-8-5-16(6-9-18)12-20-13-17-7-4-15(2)22(3)19(17)24/h4-11,20H,12-13H2,1-3H3. The number of pyridine rings is 1. The minimum absolute atomic E-state index is 0.0619. The van der Waals surface area contributed by atoms with Crippen LogP contribution in [0.3, 0.4) is 0 Å². The number of aryl methyl sites for hydroxylation is 2. The SMILES string of the molecule is Cc1ccn(-c2ccc(CNCc3ccc(C)n(C)c3=O)cc2)n1. The lowest BCUT2D eigenvalue weighted by molar-refractivity contribution is 0.674. The maximum Gasteiger partial charge on any atom is 0.254 e. The summed E-state index contributed by atoms with van der Waals surface area (Å²) in [5.41, 5.74) is 5.03. The van der Waals surface area contributed by atoms with E-state index in [0.717, 1.165) is 29.2 Å². The van der Waals surface area contributed by atoms with E-state index in [1.54, 1.807) is 11.6 Å². The summed E-state index contributed by atoms with van der Waals surface area (Å²) < 4.78 is 3.54. The van der Waals surface area contributed by atoms with Gasteiger partial charge in [0.25, 0.3) is 5.56 Å². The predicted molar refractivity (Wildman–Crippen MR) is 95.3 cm³/mol. The molecule has 5 heteroatoms. The maximum absolute atomic E-state index is 12.1. The van der Waals surface area contributed by atoms with Gasteiger partial charge in [-0.05, 0) is 43.7 Å². The van der Waals surface area contributed by atoms with Gasteiger partial charge in [0.1, 0.15) is 0 Å². The number of aromatic nitrogens is 3. The Morgan fingerprint density at radius 3 is 2.42 bits per heavy atom. The zero-order valence-corrected chi connectivity index (χ0v) is 14.3. The van der Waals surface area contributed by atoms with Crippen molar-refractivity contribution in [3.63, 3.8) is 0 Å². The molecule has 0 saturated carbocycles. The lowest BCUT2D eigenvalue weighted by Crippen LogP contribution is -2.26. The van der Waals surface area contributed by atoms with Gasteiger partial charge in [-0.1, -0.05) is 18.2 Å². The molecule has 0 fully saturated rings. The molecule has 2 heterocycles. The Bertz CT molecular complexity index is 890. The minimum atomic E-state index is 0.0619. The smallest absolute Gasteiger partial charge is 0.254 e. The van der Waals surface area contributed by atoms with Crippen LogP contribution in [-0.2, 0) is 20.1 Å². The van der Waals surface area contributed by atoms with Gasteiger partial charge in [0.15, 0.2) is 0 Å². The molecule has 5 nitrogen and oxygen atoms in total. The highest BCUT2D eigenvalue weighted by molar-refractivity contribution is 5.34. The lowest BCUT2D eigenvalue weighted by atomic mass is 10.2. The molecule has 0 unspecified atom stereocenters. The Hall–Kier alpha value is -2.66. The average Bonchev–Trinajstić information content (AvgIpc) is 3.02. The molecule has 1 N–H and O–H groups in total. The molecule has 0 aliphatic carbocycles. The second kappa shape index (κ2) is 6.84. The van der Waals surface area contributed by atoms with Crippen LogP contribution in [0.4, 0.5) is 0 Å². The zero-order valence-electron chi connectivity index (χ0n) is 14.3. The third-order valence-electron chi connectivity index (χ3n) is 4.20. The van der Waals surface area contributed by atoms with Crippen molar-refractivity contribution in [2.75, 3.05) is 0 Å². The van der Waals surface area contributed by atoms with Crippen LogP contribution in [0.25, 0.3) is 5.69 Å². The Kier molecular flexibility index (Phi) is 4.62. The van der Waals surface area contributed by atoms with Crippen molar-refractivity contribution in [3.8, 4) is 5.69 Å². The predicted octanol–water partition coefficient (Wildman–Crippen LogP) is 2.48. The van der Waals surface area contributed by atoms with Gasteiger partial charge < -0.3 is 9.88 Å². The van der Waals surface area contributed by atoms with Crippen LogP contribution in [0, 0.1) is 13.8 Å². The van der Waals surface area contributed by atoms with Crippen molar-refractivity contribution in [3.05, 3.63) is 81.5 Å². The van der Waals surface area contributed by atoms with E-state index in [1.165, 1.54) is 5.56 Å². The summed E-state index contributed by atoms with van der Waals surface area (Å²) in [6, 6.07) is 14.1. The topological polar surface area (TPSA) is 51.9 Å².